The number of nitrogens with zero attached hydrogens (tertiary/aromatic N) is 2. The monoisotopic (exact) mass is 216 g/mol. The van der Waals surface area contributed by atoms with Crippen molar-refractivity contribution >= 4 is 6.29 Å². The van der Waals surface area contributed by atoms with Gasteiger partial charge in [-0.3, -0.25) is 4.79 Å². The molecule has 0 saturated carbocycles. The Morgan fingerprint density at radius 1 is 1.31 bits per heavy atom. The molecule has 16 heavy (non-hydrogen) atoms. The summed E-state index contributed by atoms with van der Waals surface area (Å²) in [7, 11) is 0. The Hall–Kier alpha value is -1.97. The quantitative estimate of drug-likeness (QED) is 0.740. The summed E-state index contributed by atoms with van der Waals surface area (Å²) in [5.74, 6) is 1.26. The second kappa shape index (κ2) is 4.26. The van der Waals surface area contributed by atoms with Gasteiger partial charge in [-0.1, -0.05) is 26.0 Å². The van der Waals surface area contributed by atoms with Crippen LogP contribution in [0.5, 0.6) is 0 Å². The van der Waals surface area contributed by atoms with Crippen molar-refractivity contribution in [3.05, 3.63) is 35.7 Å². The van der Waals surface area contributed by atoms with E-state index in [1.54, 1.807) is 18.2 Å². The lowest BCUT2D eigenvalue weighted by Crippen LogP contribution is -1.85. The minimum absolute atomic E-state index is 0.204. The average molecular weight is 216 g/mol. The van der Waals surface area contributed by atoms with Gasteiger partial charge in [-0.25, -0.2) is 0 Å². The highest BCUT2D eigenvalue weighted by atomic mass is 16.4. The summed E-state index contributed by atoms with van der Waals surface area (Å²) in [5, 5.41) is 7.89. The summed E-state index contributed by atoms with van der Waals surface area (Å²) < 4.78 is 5.49. The first kappa shape index (κ1) is 10.5. The van der Waals surface area contributed by atoms with E-state index < -0.39 is 0 Å². The van der Waals surface area contributed by atoms with Crippen molar-refractivity contribution in [2.24, 2.45) is 0 Å². The van der Waals surface area contributed by atoms with Crippen molar-refractivity contribution in [2.75, 3.05) is 0 Å². The van der Waals surface area contributed by atoms with E-state index in [1.807, 2.05) is 19.9 Å². The molecule has 2 aromatic rings. The smallest absolute Gasteiger partial charge is 0.247 e. The molecule has 1 heterocycles. The molecule has 0 fully saturated rings. The third-order valence-corrected chi connectivity index (χ3v) is 2.20. The Balaban J connectivity index is 2.38. The molecule has 0 radical (unpaired) electrons. The molecule has 2 rings (SSSR count). The lowest BCUT2D eigenvalue weighted by molar-refractivity contribution is 0.112. The van der Waals surface area contributed by atoms with E-state index in [0.29, 0.717) is 17.3 Å². The van der Waals surface area contributed by atoms with Crippen molar-refractivity contribution in [2.45, 2.75) is 19.8 Å². The number of benzene rings is 1. The van der Waals surface area contributed by atoms with Gasteiger partial charge in [0, 0.05) is 17.0 Å². The molecule has 0 bridgehead atoms. The zero-order valence-electron chi connectivity index (χ0n) is 9.18. The van der Waals surface area contributed by atoms with Crippen LogP contribution in [0.15, 0.2) is 28.7 Å². The van der Waals surface area contributed by atoms with Crippen LogP contribution >= 0.6 is 0 Å². The second-order valence-corrected chi connectivity index (χ2v) is 3.84. The maximum Gasteiger partial charge on any atom is 0.247 e. The SMILES string of the molecule is CC(C)c1nnc(-c2cccc(C=O)c2)o1. The third-order valence-electron chi connectivity index (χ3n) is 2.20. The molecule has 0 atom stereocenters. The lowest BCUT2D eigenvalue weighted by atomic mass is 10.1. The first-order chi connectivity index (χ1) is 7.70. The van der Waals surface area contributed by atoms with Crippen LogP contribution < -0.4 is 0 Å². The van der Waals surface area contributed by atoms with Crippen molar-refractivity contribution in [3.63, 3.8) is 0 Å². The van der Waals surface area contributed by atoms with Crippen LogP contribution in [0.3, 0.4) is 0 Å². The van der Waals surface area contributed by atoms with Crippen molar-refractivity contribution in [1.29, 1.82) is 0 Å². The molecular weight excluding hydrogens is 204 g/mol. The van der Waals surface area contributed by atoms with Gasteiger partial charge in [-0.15, -0.1) is 10.2 Å². The molecule has 0 aliphatic heterocycles. The van der Waals surface area contributed by atoms with Gasteiger partial charge in [0.05, 0.1) is 0 Å². The molecule has 0 spiro atoms. The van der Waals surface area contributed by atoms with E-state index in [2.05, 4.69) is 10.2 Å². The van der Waals surface area contributed by atoms with E-state index in [9.17, 15) is 4.79 Å². The van der Waals surface area contributed by atoms with Crippen LogP contribution in [0.4, 0.5) is 0 Å². The maximum absolute atomic E-state index is 10.6. The Kier molecular flexibility index (Phi) is 2.81. The van der Waals surface area contributed by atoms with Gasteiger partial charge < -0.3 is 4.42 Å². The van der Waals surface area contributed by atoms with Crippen LogP contribution in [-0.2, 0) is 0 Å². The Bertz CT molecular complexity index is 503. The van der Waals surface area contributed by atoms with Gasteiger partial charge in [0.15, 0.2) is 0 Å². The fourth-order valence-corrected chi connectivity index (χ4v) is 1.33. The highest BCUT2D eigenvalue weighted by Gasteiger charge is 2.11. The van der Waals surface area contributed by atoms with Crippen molar-refractivity contribution < 1.29 is 9.21 Å². The zero-order valence-corrected chi connectivity index (χ0v) is 9.18. The van der Waals surface area contributed by atoms with E-state index in [4.69, 9.17) is 4.42 Å². The fraction of sp³-hybridized carbons (Fsp3) is 0.250. The number of hydrogen-bond donors (Lipinski definition) is 0. The maximum atomic E-state index is 10.6. The average Bonchev–Trinajstić information content (AvgIpc) is 2.78. The Morgan fingerprint density at radius 2 is 2.12 bits per heavy atom. The van der Waals surface area contributed by atoms with E-state index >= 15 is 0 Å². The first-order valence-electron chi connectivity index (χ1n) is 5.09. The number of carbonyl (C=O) groups excluding carboxylic acids is 1. The zero-order chi connectivity index (χ0) is 11.5. The predicted molar refractivity (Wildman–Crippen MR) is 59.2 cm³/mol. The number of hydrogen-bond acceptors (Lipinski definition) is 4. The van der Waals surface area contributed by atoms with Crippen LogP contribution in [0, 0.1) is 0 Å². The molecule has 0 saturated heterocycles. The topological polar surface area (TPSA) is 56.0 Å². The standard InChI is InChI=1S/C12H12N2O2/c1-8(2)11-13-14-12(16-11)10-5-3-4-9(6-10)7-15/h3-8H,1-2H3. The Morgan fingerprint density at radius 3 is 2.75 bits per heavy atom. The summed E-state index contributed by atoms with van der Waals surface area (Å²) in [6.07, 6.45) is 0.795. The molecule has 0 unspecified atom stereocenters. The number of rotatable bonds is 3. The highest BCUT2D eigenvalue weighted by molar-refractivity contribution is 5.77. The van der Waals surface area contributed by atoms with Crippen LogP contribution in [0.2, 0.25) is 0 Å². The fourth-order valence-electron chi connectivity index (χ4n) is 1.33. The van der Waals surface area contributed by atoms with Gasteiger partial charge >= 0.3 is 0 Å². The molecule has 82 valence electrons. The van der Waals surface area contributed by atoms with E-state index in [0.717, 1.165) is 11.8 Å². The molecule has 1 aromatic heterocycles. The Labute approximate surface area is 93.3 Å². The normalized spacial score (nSPS) is 10.7. The molecule has 0 N–H and O–H groups in total. The summed E-state index contributed by atoms with van der Waals surface area (Å²) in [4.78, 5) is 10.6. The summed E-state index contributed by atoms with van der Waals surface area (Å²) >= 11 is 0. The predicted octanol–water partition coefficient (Wildman–Crippen LogP) is 2.67. The molecule has 4 nitrogen and oxygen atoms in total. The van der Waals surface area contributed by atoms with Crippen molar-refractivity contribution in [3.8, 4) is 11.5 Å². The van der Waals surface area contributed by atoms with E-state index in [-0.39, 0.29) is 5.92 Å². The summed E-state index contributed by atoms with van der Waals surface area (Å²) in [6.45, 7) is 3.97. The van der Waals surface area contributed by atoms with Gasteiger partial charge in [0.1, 0.15) is 6.29 Å². The lowest BCUT2D eigenvalue weighted by Gasteiger charge is -1.96. The summed E-state index contributed by atoms with van der Waals surface area (Å²) in [6, 6.07) is 7.09. The van der Waals surface area contributed by atoms with Crippen LogP contribution in [0.1, 0.15) is 36.0 Å². The van der Waals surface area contributed by atoms with Gasteiger partial charge in [0.2, 0.25) is 11.8 Å². The molecule has 4 heteroatoms. The second-order valence-electron chi connectivity index (χ2n) is 3.84. The first-order valence-corrected chi connectivity index (χ1v) is 5.09. The van der Waals surface area contributed by atoms with Crippen molar-refractivity contribution in [1.82, 2.24) is 10.2 Å². The van der Waals surface area contributed by atoms with E-state index in [1.165, 1.54) is 0 Å². The van der Waals surface area contributed by atoms with Gasteiger partial charge in [-0.2, -0.15) is 0 Å². The van der Waals surface area contributed by atoms with Gasteiger partial charge in [0.25, 0.3) is 0 Å². The van der Waals surface area contributed by atoms with Crippen LogP contribution in [-0.4, -0.2) is 16.5 Å². The number of carbonyl (C=O) groups is 1. The number of aldehydes is 1. The minimum Gasteiger partial charge on any atom is -0.420 e. The third kappa shape index (κ3) is 2.00. The molecule has 0 amide bonds. The largest absolute Gasteiger partial charge is 0.420 e. The molecule has 0 aliphatic carbocycles. The number of aromatic nitrogens is 2. The molecule has 0 aliphatic rings. The molecule has 1 aromatic carbocycles. The highest BCUT2D eigenvalue weighted by Crippen LogP contribution is 2.21. The molecular formula is C12H12N2O2. The minimum atomic E-state index is 0.204. The van der Waals surface area contributed by atoms with Gasteiger partial charge in [-0.05, 0) is 12.1 Å². The summed E-state index contributed by atoms with van der Waals surface area (Å²) in [5.41, 5.74) is 1.37. The van der Waals surface area contributed by atoms with Crippen LogP contribution in [0.25, 0.3) is 11.5 Å².